The van der Waals surface area contributed by atoms with Crippen LogP contribution in [0.25, 0.3) is 6.08 Å². The molecule has 1 aromatic heterocycles. The highest BCUT2D eigenvalue weighted by molar-refractivity contribution is 5.91. The molecule has 0 bridgehead atoms. The van der Waals surface area contributed by atoms with Crippen LogP contribution in [0.2, 0.25) is 0 Å². The number of likely N-dealkylation sites (tertiary alicyclic amines) is 1. The number of rotatable bonds is 9. The van der Waals surface area contributed by atoms with Crippen LogP contribution in [0, 0.1) is 0 Å². The zero-order valence-corrected chi connectivity index (χ0v) is 21.5. The fourth-order valence-corrected chi connectivity index (χ4v) is 4.15. The molecule has 3 heterocycles. The fraction of sp³-hybridized carbons (Fsp3) is 0.654. The summed E-state index contributed by atoms with van der Waals surface area (Å²) in [4.78, 5) is 39.0. The van der Waals surface area contributed by atoms with Crippen molar-refractivity contribution in [2.24, 2.45) is 0 Å². The van der Waals surface area contributed by atoms with Crippen molar-refractivity contribution in [3.05, 3.63) is 30.1 Å². The first-order valence-electron chi connectivity index (χ1n) is 12.7. The van der Waals surface area contributed by atoms with Gasteiger partial charge in [-0.25, -0.2) is 15.1 Å². The highest BCUT2D eigenvalue weighted by Gasteiger charge is 2.34. The van der Waals surface area contributed by atoms with E-state index < -0.39 is 17.8 Å². The number of carbonyl (C=O) groups is 2. The third-order valence-electron chi connectivity index (χ3n) is 5.91. The topological polar surface area (TPSA) is 93.2 Å². The molecule has 2 fully saturated rings. The largest absolute Gasteiger partial charge is 0.443 e. The van der Waals surface area contributed by atoms with Crippen molar-refractivity contribution in [3.8, 4) is 0 Å². The Kier molecular flexibility index (Phi) is 10.1. The lowest BCUT2D eigenvalue weighted by molar-refractivity contribution is -0.198. The molecule has 9 nitrogen and oxygen atoms in total. The lowest BCUT2D eigenvalue weighted by Crippen LogP contribution is -2.45. The number of aromatic nitrogens is 1. The summed E-state index contributed by atoms with van der Waals surface area (Å²) < 4.78 is 11.1. The molecule has 9 heteroatoms. The number of ether oxygens (including phenoxy) is 2. The Morgan fingerprint density at radius 2 is 2.11 bits per heavy atom. The number of anilines is 1. The van der Waals surface area contributed by atoms with Gasteiger partial charge in [0.1, 0.15) is 5.60 Å². The van der Waals surface area contributed by atoms with E-state index in [-0.39, 0.29) is 12.1 Å². The molecule has 2 aliphatic heterocycles. The molecule has 0 spiro atoms. The Bertz CT molecular complexity index is 846. The van der Waals surface area contributed by atoms with Crippen molar-refractivity contribution in [1.82, 2.24) is 15.4 Å². The lowest BCUT2D eigenvalue weighted by atomic mass is 10.2. The Morgan fingerprint density at radius 3 is 2.77 bits per heavy atom. The van der Waals surface area contributed by atoms with Gasteiger partial charge in [0.05, 0.1) is 23.6 Å². The summed E-state index contributed by atoms with van der Waals surface area (Å²) in [6.07, 6.45) is 9.82. The Hall–Kier alpha value is -2.49. The van der Waals surface area contributed by atoms with Crippen LogP contribution in [0.15, 0.2) is 24.4 Å². The first kappa shape index (κ1) is 27.1. The molecule has 2 atom stereocenters. The van der Waals surface area contributed by atoms with Crippen molar-refractivity contribution in [2.75, 3.05) is 31.1 Å². The summed E-state index contributed by atoms with van der Waals surface area (Å²) in [5.74, 6) is -0.390. The minimum atomic E-state index is -0.593. The molecule has 1 aromatic rings. The van der Waals surface area contributed by atoms with Gasteiger partial charge in [-0.1, -0.05) is 13.3 Å². The maximum atomic E-state index is 13.1. The molecule has 0 saturated carbocycles. The number of unbranched alkanes of at least 4 members (excludes halogenated alkanes) is 1. The average molecular weight is 489 g/mol. The van der Waals surface area contributed by atoms with Gasteiger partial charge >= 0.3 is 6.09 Å². The van der Waals surface area contributed by atoms with E-state index in [2.05, 4.69) is 22.3 Å². The zero-order valence-electron chi connectivity index (χ0n) is 21.5. The molecule has 194 valence electrons. The van der Waals surface area contributed by atoms with E-state index in [4.69, 9.17) is 14.3 Å². The van der Waals surface area contributed by atoms with Gasteiger partial charge in [-0.05, 0) is 71.2 Å². The predicted octanol–water partition coefficient (Wildman–Crippen LogP) is 4.29. The van der Waals surface area contributed by atoms with Crippen molar-refractivity contribution in [1.29, 1.82) is 0 Å². The molecule has 1 unspecified atom stereocenters. The van der Waals surface area contributed by atoms with Crippen molar-refractivity contribution < 1.29 is 23.9 Å². The van der Waals surface area contributed by atoms with Crippen LogP contribution in [-0.2, 0) is 19.1 Å². The van der Waals surface area contributed by atoms with Crippen LogP contribution in [-0.4, -0.2) is 66.1 Å². The van der Waals surface area contributed by atoms with Crippen LogP contribution in [0.1, 0.15) is 71.9 Å². The summed E-state index contributed by atoms with van der Waals surface area (Å²) in [5.41, 5.74) is 3.08. The first-order chi connectivity index (χ1) is 16.7. The number of pyridine rings is 1. The second-order valence-electron chi connectivity index (χ2n) is 10.1. The van der Waals surface area contributed by atoms with Crippen LogP contribution < -0.4 is 10.4 Å². The van der Waals surface area contributed by atoms with Crippen LogP contribution in [0.3, 0.4) is 0 Å². The third kappa shape index (κ3) is 8.91. The summed E-state index contributed by atoms with van der Waals surface area (Å²) in [6.45, 7) is 11.2. The van der Waals surface area contributed by atoms with Gasteiger partial charge in [0.15, 0.2) is 6.29 Å². The van der Waals surface area contributed by atoms with E-state index in [1.165, 1.54) is 6.08 Å². The van der Waals surface area contributed by atoms with E-state index >= 15 is 0 Å². The smallest absolute Gasteiger partial charge is 0.415 e. The van der Waals surface area contributed by atoms with E-state index in [0.717, 1.165) is 58.2 Å². The van der Waals surface area contributed by atoms with Crippen LogP contribution >= 0.6 is 0 Å². The maximum Gasteiger partial charge on any atom is 0.415 e. The quantitative estimate of drug-likeness (QED) is 0.409. The predicted molar refractivity (Wildman–Crippen MR) is 135 cm³/mol. The minimum absolute atomic E-state index is 0.0230. The van der Waals surface area contributed by atoms with Crippen molar-refractivity contribution >= 4 is 23.8 Å². The molecule has 0 aromatic carbocycles. The van der Waals surface area contributed by atoms with E-state index in [1.807, 2.05) is 26.8 Å². The molecule has 0 radical (unpaired) electrons. The number of hydrogen-bond acceptors (Lipinski definition) is 7. The molecular formula is C26H40N4O5. The average Bonchev–Trinajstić information content (AvgIpc) is 3.29. The minimum Gasteiger partial charge on any atom is -0.443 e. The summed E-state index contributed by atoms with van der Waals surface area (Å²) in [6, 6.07) is 3.65. The Labute approximate surface area is 208 Å². The van der Waals surface area contributed by atoms with Crippen molar-refractivity contribution in [3.63, 3.8) is 0 Å². The van der Waals surface area contributed by atoms with Gasteiger partial charge in [-0.15, -0.1) is 0 Å². The number of hydrogen-bond donors (Lipinski definition) is 1. The number of amides is 2. The summed E-state index contributed by atoms with van der Waals surface area (Å²) >= 11 is 0. The molecule has 35 heavy (non-hydrogen) atoms. The number of carbonyl (C=O) groups excluding carboxylic acids is 2. The van der Waals surface area contributed by atoms with Crippen molar-refractivity contribution in [2.45, 2.75) is 84.2 Å². The monoisotopic (exact) mass is 488 g/mol. The SMILES string of the molecule is CCCCN1CC[C@@H](N(C(=O)OC(C)(C)C)c2ccc(C=CC(=O)NOC3CCCCO3)nc2)C1. The third-order valence-corrected chi connectivity index (χ3v) is 5.91. The van der Waals surface area contributed by atoms with Gasteiger partial charge in [0.25, 0.3) is 5.91 Å². The Morgan fingerprint density at radius 1 is 1.29 bits per heavy atom. The van der Waals surface area contributed by atoms with Gasteiger partial charge in [-0.2, -0.15) is 0 Å². The van der Waals surface area contributed by atoms with Gasteiger partial charge < -0.3 is 14.4 Å². The zero-order chi connectivity index (χ0) is 25.3. The van der Waals surface area contributed by atoms with E-state index in [1.54, 1.807) is 23.2 Å². The highest BCUT2D eigenvalue weighted by atomic mass is 16.8. The van der Waals surface area contributed by atoms with Crippen LogP contribution in [0.4, 0.5) is 10.5 Å². The van der Waals surface area contributed by atoms with Gasteiger partial charge in [0, 0.05) is 32.2 Å². The molecule has 3 rings (SSSR count). The maximum absolute atomic E-state index is 13.1. The normalized spacial score (nSPS) is 21.3. The highest BCUT2D eigenvalue weighted by Crippen LogP contribution is 2.26. The molecule has 2 saturated heterocycles. The van der Waals surface area contributed by atoms with E-state index in [9.17, 15) is 9.59 Å². The fourth-order valence-electron chi connectivity index (χ4n) is 4.15. The number of nitrogens with zero attached hydrogens (tertiary/aromatic N) is 3. The van der Waals surface area contributed by atoms with Crippen LogP contribution in [0.5, 0.6) is 0 Å². The molecule has 2 amide bonds. The second kappa shape index (κ2) is 13.0. The molecular weight excluding hydrogens is 448 g/mol. The first-order valence-corrected chi connectivity index (χ1v) is 12.7. The van der Waals surface area contributed by atoms with Gasteiger partial charge in [0.2, 0.25) is 0 Å². The number of hydroxylamine groups is 1. The lowest BCUT2D eigenvalue weighted by Gasteiger charge is -2.31. The van der Waals surface area contributed by atoms with E-state index in [0.29, 0.717) is 18.0 Å². The standard InChI is InChI=1S/C26H40N4O5/c1-5-6-15-29-16-14-22(19-29)30(25(32)34-26(2,3)4)21-12-10-20(27-18-21)11-13-23(31)28-35-24-9-7-8-17-33-24/h10-13,18,22,24H,5-9,14-17,19H2,1-4H3,(H,28,31)/t22-,24?/m1/s1. The second-order valence-corrected chi connectivity index (χ2v) is 10.1. The molecule has 0 aliphatic carbocycles. The molecule has 2 aliphatic rings. The molecule has 1 N–H and O–H groups in total. The van der Waals surface area contributed by atoms with Gasteiger partial charge in [-0.3, -0.25) is 14.7 Å². The number of nitrogens with one attached hydrogen (secondary N) is 1. The summed E-state index contributed by atoms with van der Waals surface area (Å²) in [5, 5.41) is 0. The summed E-state index contributed by atoms with van der Waals surface area (Å²) in [7, 11) is 0. The Balaban J connectivity index is 1.63.